The van der Waals surface area contributed by atoms with Crippen LogP contribution in [0.4, 0.5) is 0 Å². The number of alkyl halides is 1. The molecule has 0 bridgehead atoms. The summed E-state index contributed by atoms with van der Waals surface area (Å²) in [6, 6.07) is 0. The van der Waals surface area contributed by atoms with Gasteiger partial charge in [0.1, 0.15) is 0 Å². The smallest absolute Gasteiger partial charge is 0.0955 e. The molecule has 0 aromatic heterocycles. The molecule has 14 heavy (non-hydrogen) atoms. The summed E-state index contributed by atoms with van der Waals surface area (Å²) in [6.07, 6.45) is 4.51. The zero-order valence-electron chi connectivity index (χ0n) is 8.75. The Morgan fingerprint density at radius 2 is 2.21 bits per heavy atom. The Morgan fingerprint density at radius 3 is 2.71 bits per heavy atom. The van der Waals surface area contributed by atoms with E-state index in [1.807, 2.05) is 0 Å². The van der Waals surface area contributed by atoms with Gasteiger partial charge < -0.3 is 9.47 Å². The summed E-state index contributed by atoms with van der Waals surface area (Å²) < 4.78 is 11.2. The summed E-state index contributed by atoms with van der Waals surface area (Å²) in [5.74, 6) is 1.65. The predicted octanol–water partition coefficient (Wildman–Crippen LogP) is 2.60. The average Bonchev–Trinajstić information content (AvgIpc) is 2.44. The second-order valence-electron chi connectivity index (χ2n) is 4.59. The highest BCUT2D eigenvalue weighted by molar-refractivity contribution is 9.09. The van der Waals surface area contributed by atoms with Gasteiger partial charge in [0.2, 0.25) is 0 Å². The van der Waals surface area contributed by atoms with Gasteiger partial charge in [-0.3, -0.25) is 0 Å². The van der Waals surface area contributed by atoms with Crippen LogP contribution in [-0.2, 0) is 9.47 Å². The van der Waals surface area contributed by atoms with Crippen LogP contribution >= 0.6 is 15.9 Å². The molecule has 0 N–H and O–H groups in total. The Bertz CT molecular complexity index is 182. The quantitative estimate of drug-likeness (QED) is 0.726. The Kier molecular flexibility index (Phi) is 3.86. The first kappa shape index (κ1) is 10.9. The molecule has 3 heteroatoms. The molecule has 1 aliphatic heterocycles. The summed E-state index contributed by atoms with van der Waals surface area (Å²) in [5, 5.41) is 0. The highest BCUT2D eigenvalue weighted by Crippen LogP contribution is 2.33. The standard InChI is InChI=1S/C11H19BrO2/c1-8(9-3-2-4-9)5-14-11-7-13-6-10(11)12/h8-11H,2-7H2,1H3. The summed E-state index contributed by atoms with van der Waals surface area (Å²) >= 11 is 3.57. The van der Waals surface area contributed by atoms with E-state index in [-0.39, 0.29) is 6.10 Å². The van der Waals surface area contributed by atoms with Crippen LogP contribution in [-0.4, -0.2) is 30.8 Å². The minimum Gasteiger partial charge on any atom is -0.377 e. The third-order valence-electron chi connectivity index (χ3n) is 3.49. The second-order valence-corrected chi connectivity index (χ2v) is 5.77. The van der Waals surface area contributed by atoms with Crippen LogP contribution in [0, 0.1) is 11.8 Å². The lowest BCUT2D eigenvalue weighted by Crippen LogP contribution is -2.29. The van der Waals surface area contributed by atoms with Gasteiger partial charge in [0.05, 0.1) is 24.1 Å². The van der Waals surface area contributed by atoms with E-state index in [2.05, 4.69) is 22.9 Å². The molecule has 0 aromatic carbocycles. The van der Waals surface area contributed by atoms with Gasteiger partial charge in [-0.2, -0.15) is 0 Å². The first-order valence-corrected chi connectivity index (χ1v) is 6.52. The van der Waals surface area contributed by atoms with Crippen molar-refractivity contribution in [1.29, 1.82) is 0 Å². The topological polar surface area (TPSA) is 18.5 Å². The van der Waals surface area contributed by atoms with Crippen molar-refractivity contribution in [2.45, 2.75) is 37.1 Å². The van der Waals surface area contributed by atoms with Gasteiger partial charge >= 0.3 is 0 Å². The molecule has 1 saturated carbocycles. The lowest BCUT2D eigenvalue weighted by Gasteiger charge is -2.32. The largest absolute Gasteiger partial charge is 0.377 e. The van der Waals surface area contributed by atoms with E-state index in [9.17, 15) is 0 Å². The molecule has 3 atom stereocenters. The number of hydrogen-bond donors (Lipinski definition) is 0. The van der Waals surface area contributed by atoms with Gasteiger partial charge in [0, 0.05) is 6.61 Å². The lowest BCUT2D eigenvalue weighted by atomic mass is 9.77. The maximum atomic E-state index is 5.86. The number of halogens is 1. The van der Waals surface area contributed by atoms with Crippen molar-refractivity contribution in [2.75, 3.05) is 19.8 Å². The van der Waals surface area contributed by atoms with Crippen molar-refractivity contribution in [3.8, 4) is 0 Å². The summed E-state index contributed by atoms with van der Waals surface area (Å²) in [6.45, 7) is 4.76. The molecule has 2 nitrogen and oxygen atoms in total. The van der Waals surface area contributed by atoms with Crippen molar-refractivity contribution in [3.63, 3.8) is 0 Å². The Hall–Kier alpha value is 0.400. The van der Waals surface area contributed by atoms with E-state index >= 15 is 0 Å². The fourth-order valence-electron chi connectivity index (χ4n) is 2.08. The monoisotopic (exact) mass is 262 g/mol. The van der Waals surface area contributed by atoms with E-state index < -0.39 is 0 Å². The molecule has 0 spiro atoms. The predicted molar refractivity (Wildman–Crippen MR) is 59.8 cm³/mol. The Balaban J connectivity index is 1.65. The van der Waals surface area contributed by atoms with Gasteiger partial charge in [-0.05, 0) is 11.8 Å². The molecule has 2 fully saturated rings. The fraction of sp³-hybridized carbons (Fsp3) is 1.00. The summed E-state index contributed by atoms with van der Waals surface area (Å²) in [4.78, 5) is 0.399. The van der Waals surface area contributed by atoms with Gasteiger partial charge in [-0.15, -0.1) is 0 Å². The molecular weight excluding hydrogens is 244 g/mol. The van der Waals surface area contributed by atoms with Crippen molar-refractivity contribution in [1.82, 2.24) is 0 Å². The van der Waals surface area contributed by atoms with Crippen LogP contribution in [0.1, 0.15) is 26.2 Å². The highest BCUT2D eigenvalue weighted by atomic mass is 79.9. The van der Waals surface area contributed by atoms with Crippen molar-refractivity contribution in [2.24, 2.45) is 11.8 Å². The van der Waals surface area contributed by atoms with Crippen LogP contribution in [0.15, 0.2) is 0 Å². The summed E-state index contributed by atoms with van der Waals surface area (Å²) in [5.41, 5.74) is 0. The van der Waals surface area contributed by atoms with E-state index in [0.29, 0.717) is 4.83 Å². The second kappa shape index (κ2) is 4.95. The van der Waals surface area contributed by atoms with E-state index in [1.165, 1.54) is 19.3 Å². The zero-order valence-corrected chi connectivity index (χ0v) is 10.3. The molecule has 0 radical (unpaired) electrons. The molecule has 1 aliphatic carbocycles. The first-order valence-electron chi connectivity index (χ1n) is 5.61. The third-order valence-corrected chi connectivity index (χ3v) is 4.34. The molecule has 0 amide bonds. The van der Waals surface area contributed by atoms with E-state index in [4.69, 9.17) is 9.47 Å². The number of rotatable bonds is 4. The molecule has 1 heterocycles. The van der Waals surface area contributed by atoms with E-state index in [0.717, 1.165) is 31.7 Å². The van der Waals surface area contributed by atoms with Crippen LogP contribution in [0.5, 0.6) is 0 Å². The summed E-state index contributed by atoms with van der Waals surface area (Å²) in [7, 11) is 0. The fourth-order valence-corrected chi connectivity index (χ4v) is 2.57. The van der Waals surface area contributed by atoms with Crippen LogP contribution in [0.25, 0.3) is 0 Å². The molecule has 1 saturated heterocycles. The van der Waals surface area contributed by atoms with Crippen molar-refractivity contribution >= 4 is 15.9 Å². The van der Waals surface area contributed by atoms with Crippen molar-refractivity contribution in [3.05, 3.63) is 0 Å². The first-order chi connectivity index (χ1) is 6.77. The van der Waals surface area contributed by atoms with Crippen LogP contribution < -0.4 is 0 Å². The lowest BCUT2D eigenvalue weighted by molar-refractivity contribution is 0.00608. The SMILES string of the molecule is CC(COC1COCC1Br)C1CCC1. The highest BCUT2D eigenvalue weighted by Gasteiger charge is 2.29. The maximum absolute atomic E-state index is 5.86. The molecule has 2 aliphatic rings. The Labute approximate surface area is 94.5 Å². The van der Waals surface area contributed by atoms with Crippen LogP contribution in [0.2, 0.25) is 0 Å². The zero-order chi connectivity index (χ0) is 9.97. The van der Waals surface area contributed by atoms with Gasteiger partial charge in [-0.25, -0.2) is 0 Å². The van der Waals surface area contributed by atoms with Crippen molar-refractivity contribution < 1.29 is 9.47 Å². The average molecular weight is 263 g/mol. The minimum absolute atomic E-state index is 0.275. The number of hydrogen-bond acceptors (Lipinski definition) is 2. The van der Waals surface area contributed by atoms with Gasteiger partial charge in [0.25, 0.3) is 0 Å². The molecule has 2 rings (SSSR count). The number of ether oxygens (including phenoxy) is 2. The molecule has 82 valence electrons. The third kappa shape index (κ3) is 2.50. The molecule has 0 aromatic rings. The van der Waals surface area contributed by atoms with Gasteiger partial charge in [0.15, 0.2) is 0 Å². The molecular formula is C11H19BrO2. The maximum Gasteiger partial charge on any atom is 0.0955 e. The molecule has 3 unspecified atom stereocenters. The Morgan fingerprint density at radius 1 is 1.43 bits per heavy atom. The van der Waals surface area contributed by atoms with E-state index in [1.54, 1.807) is 0 Å². The van der Waals surface area contributed by atoms with Crippen LogP contribution in [0.3, 0.4) is 0 Å². The normalized spacial score (nSPS) is 35.6. The van der Waals surface area contributed by atoms with Gasteiger partial charge in [-0.1, -0.05) is 42.1 Å². The minimum atomic E-state index is 0.275.